The number of unbranched alkanes of at least 4 members (excludes halogenated alkanes) is 2. The van der Waals surface area contributed by atoms with E-state index in [2.05, 4.69) is 48.2 Å². The molecule has 0 spiro atoms. The molecular weight excluding hydrogens is 881 g/mol. The number of rotatable bonds is 25. The Kier molecular flexibility index (Phi) is 25.5. The molecule has 4 aromatic rings. The van der Waals surface area contributed by atoms with Gasteiger partial charge in [-0.1, -0.05) is 84.4 Å². The summed E-state index contributed by atoms with van der Waals surface area (Å²) in [5.74, 6) is 0.626. The second-order valence-corrected chi connectivity index (χ2v) is 17.8. The van der Waals surface area contributed by atoms with E-state index in [0.29, 0.717) is 0 Å². The van der Waals surface area contributed by atoms with Crippen molar-refractivity contribution < 1.29 is 45.4 Å². The topological polar surface area (TPSA) is 318 Å². The highest BCUT2D eigenvalue weighted by Gasteiger charge is 2.28. The van der Waals surface area contributed by atoms with Gasteiger partial charge in [0.05, 0.1) is 27.4 Å². The Bertz CT molecular complexity index is 2310. The molecule has 2 atom stereocenters. The van der Waals surface area contributed by atoms with Gasteiger partial charge in [0.25, 0.3) is 25.9 Å². The minimum absolute atomic E-state index is 0.0460. The second-order valence-electron chi connectivity index (χ2n) is 15.0. The maximum atomic E-state index is 12.1. The summed E-state index contributed by atoms with van der Waals surface area (Å²) in [6, 6.07) is 14.2. The summed E-state index contributed by atoms with van der Waals surface area (Å²) in [5, 5.41) is 36.3. The Morgan fingerprint density at radius 2 is 1.12 bits per heavy atom. The van der Waals surface area contributed by atoms with Crippen LogP contribution in [-0.4, -0.2) is 75.5 Å². The number of nitrogens with zero attached hydrogens (tertiary/aromatic N) is 5. The summed E-state index contributed by atoms with van der Waals surface area (Å²) in [4.78, 5) is 8.37. The van der Waals surface area contributed by atoms with Gasteiger partial charge in [-0.25, -0.2) is 0 Å². The van der Waals surface area contributed by atoms with Gasteiger partial charge in [0.2, 0.25) is 0 Å². The summed E-state index contributed by atoms with van der Waals surface area (Å²) < 4.78 is 79.1. The number of fused-ring (bicyclic) bond motifs is 1. The van der Waals surface area contributed by atoms with Crippen LogP contribution in [0.4, 0.5) is 34.1 Å². The number of azo groups is 2. The van der Waals surface area contributed by atoms with E-state index in [-0.39, 0.29) is 27.8 Å². The summed E-state index contributed by atoms with van der Waals surface area (Å²) in [7, 11) is -10.1. The van der Waals surface area contributed by atoms with Gasteiger partial charge in [0.1, 0.15) is 21.2 Å². The van der Waals surface area contributed by atoms with Crippen molar-refractivity contribution in [2.24, 2.45) is 43.8 Å². The first-order valence-corrected chi connectivity index (χ1v) is 24.6. The van der Waals surface area contributed by atoms with E-state index in [0.717, 1.165) is 88.5 Å². The smallest absolute Gasteiger partial charge is 0.296 e. The molecule has 0 aliphatic carbocycles. The Morgan fingerprint density at radius 1 is 0.677 bits per heavy atom. The maximum absolute atomic E-state index is 12.1. The number of hydrogen-bond donors (Lipinski definition) is 6. The highest BCUT2D eigenvalue weighted by molar-refractivity contribution is 7.86. The van der Waals surface area contributed by atoms with Gasteiger partial charge in [-0.3, -0.25) is 19.2 Å². The zero-order chi connectivity index (χ0) is 48.4. The van der Waals surface area contributed by atoms with Gasteiger partial charge >= 0.3 is 0 Å². The monoisotopic (exact) mass is 946 g/mol. The van der Waals surface area contributed by atoms with Crippen LogP contribution in [0.25, 0.3) is 10.8 Å². The Hall–Kier alpha value is -5.00. The minimum Gasteiger partial charge on any atom is -0.505 e. The molecule has 4 rings (SSSR count). The molecule has 0 saturated carbocycles. The zero-order valence-corrected chi connectivity index (χ0v) is 39.3. The van der Waals surface area contributed by atoms with Gasteiger partial charge in [-0.05, 0) is 92.4 Å². The lowest BCUT2D eigenvalue weighted by atomic mass is 10.0. The Balaban J connectivity index is 0.000000457. The molecule has 65 heavy (non-hydrogen) atoms. The van der Waals surface area contributed by atoms with Crippen LogP contribution in [0, 0.1) is 22.0 Å². The number of non-ortho nitro benzene ring substituents is 1. The maximum Gasteiger partial charge on any atom is 0.296 e. The molecule has 0 aromatic heterocycles. The lowest BCUT2D eigenvalue weighted by molar-refractivity contribution is -0.384. The van der Waals surface area contributed by atoms with Crippen LogP contribution in [0.5, 0.6) is 5.75 Å². The number of nitro benzene ring substituents is 1. The highest BCUT2D eigenvalue weighted by Crippen LogP contribution is 2.48. The third kappa shape index (κ3) is 19.6. The van der Waals surface area contributed by atoms with Crippen LogP contribution in [0.15, 0.2) is 97.0 Å². The molecule has 0 aliphatic heterocycles. The molecule has 0 aliphatic rings. The van der Waals surface area contributed by atoms with E-state index in [4.69, 9.17) is 26.7 Å². The first kappa shape index (κ1) is 56.1. The molecule has 19 nitrogen and oxygen atoms in total. The largest absolute Gasteiger partial charge is 0.505 e. The molecule has 0 fully saturated rings. The third-order valence-corrected chi connectivity index (χ3v) is 11.7. The second kappa shape index (κ2) is 29.5. The van der Waals surface area contributed by atoms with Crippen LogP contribution in [0.3, 0.4) is 0 Å². The van der Waals surface area contributed by atoms with Crippen molar-refractivity contribution in [2.45, 2.75) is 102 Å². The van der Waals surface area contributed by atoms with Crippen molar-refractivity contribution in [1.29, 1.82) is 0 Å². The molecule has 21 heteroatoms. The van der Waals surface area contributed by atoms with E-state index >= 15 is 0 Å². The number of nitrogens with two attached hydrogens (primary N) is 3. The van der Waals surface area contributed by atoms with Crippen LogP contribution in [0.1, 0.15) is 91.9 Å². The normalized spacial score (nSPS) is 12.7. The van der Waals surface area contributed by atoms with Crippen molar-refractivity contribution in [3.8, 4) is 5.75 Å². The molecule has 4 aromatic carbocycles. The van der Waals surface area contributed by atoms with E-state index in [1.54, 1.807) is 18.2 Å². The lowest BCUT2D eigenvalue weighted by Crippen LogP contribution is -2.11. The van der Waals surface area contributed by atoms with Crippen molar-refractivity contribution in [3.05, 3.63) is 76.8 Å². The van der Waals surface area contributed by atoms with Crippen LogP contribution in [0.2, 0.25) is 0 Å². The van der Waals surface area contributed by atoms with Crippen LogP contribution < -0.4 is 17.2 Å². The molecule has 360 valence electrons. The summed E-state index contributed by atoms with van der Waals surface area (Å²) in [6.45, 7) is 14.0. The number of phenolic OH excluding ortho intramolecular Hbond substituents is 1. The fraction of sp³-hybridized carbons (Fsp3) is 0.500. The van der Waals surface area contributed by atoms with Crippen LogP contribution in [-0.2, 0) is 29.7 Å². The standard InChI is InChI=1S/C22H16N6O9S2.2C11H25NO/c23-19-18-12(11-17(39(35,36)37)21(22(18)29)27-24-13-4-2-1-3-5-13)10-16(38(32,33)34)20(19)26-25-14-6-8-15(9-7-14)28(30)31;2*1-3-5-7-11(4-2)10-13-9-6-8-12/h1-11,29H,23H2,(H,32,33,34)(H,35,36,37);2*11H,3-10,12H2,1-2H3. The van der Waals surface area contributed by atoms with Gasteiger partial charge in [0, 0.05) is 38.6 Å². The molecule has 0 bridgehead atoms. The van der Waals surface area contributed by atoms with Gasteiger partial charge in [0.15, 0.2) is 5.75 Å². The van der Waals surface area contributed by atoms with E-state index in [1.807, 2.05) is 0 Å². The van der Waals surface area contributed by atoms with Gasteiger partial charge in [-0.15, -0.1) is 10.2 Å². The minimum atomic E-state index is -5.05. The zero-order valence-electron chi connectivity index (χ0n) is 37.7. The number of anilines is 1. The molecule has 0 amide bonds. The Labute approximate surface area is 382 Å². The number of ether oxygens (including phenoxy) is 2. The number of aromatic hydroxyl groups is 1. The number of nitrogen functional groups attached to an aromatic ring is 1. The van der Waals surface area contributed by atoms with Crippen molar-refractivity contribution in [3.63, 3.8) is 0 Å². The van der Waals surface area contributed by atoms with E-state index in [1.165, 1.54) is 75.6 Å². The van der Waals surface area contributed by atoms with Crippen LogP contribution >= 0.6 is 0 Å². The quantitative estimate of drug-likeness (QED) is 0.00899. The molecule has 0 saturated heterocycles. The fourth-order valence-corrected chi connectivity index (χ4v) is 7.45. The van der Waals surface area contributed by atoms with Crippen molar-refractivity contribution >= 4 is 65.1 Å². The predicted octanol–water partition coefficient (Wildman–Crippen LogP) is 10.5. The molecule has 2 unspecified atom stereocenters. The summed E-state index contributed by atoms with van der Waals surface area (Å²) >= 11 is 0. The summed E-state index contributed by atoms with van der Waals surface area (Å²) in [5.41, 5.74) is 15.0. The average molecular weight is 947 g/mol. The molecular formula is C44H66N8O11S2. The summed E-state index contributed by atoms with van der Waals surface area (Å²) in [6.07, 6.45) is 12.3. The third-order valence-electron chi connectivity index (χ3n) is 10.00. The van der Waals surface area contributed by atoms with Crippen molar-refractivity contribution in [1.82, 2.24) is 0 Å². The van der Waals surface area contributed by atoms with E-state index < -0.39 is 57.8 Å². The van der Waals surface area contributed by atoms with Gasteiger partial charge in [-0.2, -0.15) is 27.1 Å². The van der Waals surface area contributed by atoms with Gasteiger partial charge < -0.3 is 31.8 Å². The number of phenols is 1. The first-order valence-electron chi connectivity index (χ1n) is 21.7. The first-order chi connectivity index (χ1) is 31.0. The Morgan fingerprint density at radius 3 is 1.54 bits per heavy atom. The molecule has 9 N–H and O–H groups in total. The number of hydrogen-bond acceptors (Lipinski definition) is 16. The number of nitro groups is 1. The van der Waals surface area contributed by atoms with E-state index in [9.17, 15) is 41.2 Å². The molecule has 0 radical (unpaired) electrons. The molecule has 0 heterocycles. The van der Waals surface area contributed by atoms with Crippen molar-refractivity contribution in [2.75, 3.05) is 45.3 Å². The predicted molar refractivity (Wildman–Crippen MR) is 253 cm³/mol. The lowest BCUT2D eigenvalue weighted by Gasteiger charge is -2.14. The number of benzene rings is 4. The average Bonchev–Trinajstić information content (AvgIpc) is 3.28. The fourth-order valence-electron chi connectivity index (χ4n) is 6.12. The highest BCUT2D eigenvalue weighted by atomic mass is 32.2. The SMILES string of the molecule is CCCCC(CC)COCCCN.CCCCC(CC)COCCCN.Nc1c(N=Nc2ccc([N+](=O)[O-])cc2)c(S(=O)(=O)O)cc2cc(S(=O)(=O)O)c(N=Nc3ccccc3)c(O)c12.